The number of nitrogens with one attached hydrogen (secondary N) is 1. The van der Waals surface area contributed by atoms with Gasteiger partial charge in [0, 0.05) is 6.61 Å². The van der Waals surface area contributed by atoms with E-state index in [0.29, 0.717) is 5.92 Å². The highest BCUT2D eigenvalue weighted by Gasteiger charge is 2.43. The Bertz CT molecular complexity index is 311. The van der Waals surface area contributed by atoms with Crippen LogP contribution in [0, 0.1) is 5.92 Å². The topological polar surface area (TPSA) is 41.6 Å². The third-order valence-corrected chi connectivity index (χ3v) is 4.16. The minimum Gasteiger partial charge on any atom is -0.373 e. The largest absolute Gasteiger partial charge is 0.373 e. The van der Waals surface area contributed by atoms with Crippen LogP contribution in [0.2, 0.25) is 0 Å². The minimum absolute atomic E-state index is 0.0278. The third-order valence-electron chi connectivity index (χ3n) is 4.16. The second kappa shape index (κ2) is 5.17. The molecule has 0 aliphatic carbocycles. The molecule has 0 bridgehead atoms. The third kappa shape index (κ3) is 2.54. The first-order chi connectivity index (χ1) is 8.47. The lowest BCUT2D eigenvalue weighted by Gasteiger charge is -2.32. The molecule has 2 fully saturated rings. The van der Waals surface area contributed by atoms with E-state index in [1.807, 2.05) is 4.90 Å². The zero-order valence-electron chi connectivity index (χ0n) is 12.0. The van der Waals surface area contributed by atoms with E-state index in [1.54, 1.807) is 0 Å². The van der Waals surface area contributed by atoms with E-state index >= 15 is 0 Å². The zero-order chi connectivity index (χ0) is 13.3. The molecule has 3 unspecified atom stereocenters. The molecule has 2 rings (SSSR count). The summed E-state index contributed by atoms with van der Waals surface area (Å²) in [5.74, 6) is 0.586. The molecule has 0 saturated carbocycles. The van der Waals surface area contributed by atoms with E-state index in [9.17, 15) is 4.79 Å². The van der Waals surface area contributed by atoms with Gasteiger partial charge in [-0.15, -0.1) is 0 Å². The van der Waals surface area contributed by atoms with Crippen molar-refractivity contribution in [2.75, 3.05) is 13.2 Å². The lowest BCUT2D eigenvalue weighted by atomic mass is 10.0. The molecule has 2 heterocycles. The van der Waals surface area contributed by atoms with Gasteiger partial charge in [0.15, 0.2) is 0 Å². The second-order valence-electron chi connectivity index (χ2n) is 6.18. The van der Waals surface area contributed by atoms with E-state index < -0.39 is 0 Å². The van der Waals surface area contributed by atoms with Crippen LogP contribution in [-0.2, 0) is 9.53 Å². The monoisotopic (exact) mass is 254 g/mol. The highest BCUT2D eigenvalue weighted by molar-refractivity contribution is 5.84. The van der Waals surface area contributed by atoms with Crippen LogP contribution in [-0.4, -0.2) is 41.8 Å². The Kier molecular flexibility index (Phi) is 3.97. The molecule has 1 amide bonds. The summed E-state index contributed by atoms with van der Waals surface area (Å²) < 4.78 is 5.82. The fraction of sp³-hybridized carbons (Fsp3) is 0.929. The fourth-order valence-electron chi connectivity index (χ4n) is 3.03. The second-order valence-corrected chi connectivity index (χ2v) is 6.18. The number of rotatable bonds is 4. The molecule has 1 N–H and O–H groups in total. The van der Waals surface area contributed by atoms with E-state index in [0.717, 1.165) is 32.4 Å². The van der Waals surface area contributed by atoms with E-state index in [4.69, 9.17) is 4.74 Å². The molecule has 4 heteroatoms. The molecule has 18 heavy (non-hydrogen) atoms. The van der Waals surface area contributed by atoms with Crippen LogP contribution in [0.3, 0.4) is 0 Å². The molecule has 3 atom stereocenters. The van der Waals surface area contributed by atoms with Crippen LogP contribution < -0.4 is 5.32 Å². The van der Waals surface area contributed by atoms with Gasteiger partial charge in [0.05, 0.1) is 24.4 Å². The molecule has 2 saturated heterocycles. The van der Waals surface area contributed by atoms with Crippen molar-refractivity contribution in [1.82, 2.24) is 10.2 Å². The summed E-state index contributed by atoms with van der Waals surface area (Å²) in [6.07, 6.45) is 3.28. The maximum absolute atomic E-state index is 12.5. The van der Waals surface area contributed by atoms with Crippen molar-refractivity contribution in [1.29, 1.82) is 0 Å². The highest BCUT2D eigenvalue weighted by atomic mass is 16.5. The number of hydrogen-bond donors (Lipinski definition) is 1. The maximum Gasteiger partial charge on any atom is 0.241 e. The van der Waals surface area contributed by atoms with E-state index in [1.165, 1.54) is 0 Å². The van der Waals surface area contributed by atoms with Crippen molar-refractivity contribution in [2.24, 2.45) is 5.92 Å². The molecule has 0 radical (unpaired) electrons. The predicted octanol–water partition coefficient (Wildman–Crippen LogP) is 1.75. The highest BCUT2D eigenvalue weighted by Crippen LogP contribution is 2.29. The van der Waals surface area contributed by atoms with Gasteiger partial charge in [0.1, 0.15) is 0 Å². The van der Waals surface area contributed by atoms with Crippen LogP contribution in [0.25, 0.3) is 0 Å². The van der Waals surface area contributed by atoms with Crippen LogP contribution in [0.1, 0.15) is 47.0 Å². The lowest BCUT2D eigenvalue weighted by Crippen LogP contribution is -2.46. The van der Waals surface area contributed by atoms with Gasteiger partial charge in [-0.1, -0.05) is 20.8 Å². The van der Waals surface area contributed by atoms with E-state index in [2.05, 4.69) is 33.0 Å². The molecule has 0 aromatic rings. The molecule has 0 spiro atoms. The van der Waals surface area contributed by atoms with Gasteiger partial charge >= 0.3 is 0 Å². The number of nitrogens with zero attached hydrogens (tertiary/aromatic N) is 1. The summed E-state index contributed by atoms with van der Waals surface area (Å²) in [5.41, 5.74) is -0.142. The van der Waals surface area contributed by atoms with Crippen molar-refractivity contribution in [2.45, 2.75) is 64.8 Å². The molecule has 0 aromatic heterocycles. The van der Waals surface area contributed by atoms with Crippen molar-refractivity contribution in [3.63, 3.8) is 0 Å². The van der Waals surface area contributed by atoms with Gasteiger partial charge < -0.3 is 9.64 Å². The fourth-order valence-corrected chi connectivity index (χ4v) is 3.03. The lowest BCUT2D eigenvalue weighted by molar-refractivity contribution is -0.134. The Morgan fingerprint density at radius 1 is 1.56 bits per heavy atom. The summed E-state index contributed by atoms with van der Waals surface area (Å²) in [6, 6.07) is -0.0278. The standard InChI is InChI=1S/C14H26N2O2/c1-5-11-15-12(10(2)3)13(17)16(11)9-14(4)7-6-8-18-14/h10-12,15H,5-9H2,1-4H3. The number of carbonyl (C=O) groups is 1. The Morgan fingerprint density at radius 2 is 2.28 bits per heavy atom. The SMILES string of the molecule is CCC1NC(C(C)C)C(=O)N1CC1(C)CCCO1. The predicted molar refractivity (Wildman–Crippen MR) is 71.1 cm³/mol. The molecular formula is C14H26N2O2. The Morgan fingerprint density at radius 3 is 2.78 bits per heavy atom. The Hall–Kier alpha value is -0.610. The first-order valence-corrected chi connectivity index (χ1v) is 7.17. The molecule has 104 valence electrons. The maximum atomic E-state index is 12.5. The van der Waals surface area contributed by atoms with Gasteiger partial charge in [0.25, 0.3) is 0 Å². The number of carbonyl (C=O) groups excluding carboxylic acids is 1. The van der Waals surface area contributed by atoms with Crippen LogP contribution in [0.15, 0.2) is 0 Å². The van der Waals surface area contributed by atoms with Gasteiger partial charge in [-0.25, -0.2) is 0 Å². The normalized spacial score (nSPS) is 36.9. The van der Waals surface area contributed by atoms with Gasteiger partial charge in [0.2, 0.25) is 5.91 Å². The van der Waals surface area contributed by atoms with Gasteiger partial charge in [-0.3, -0.25) is 10.1 Å². The molecule has 4 nitrogen and oxygen atoms in total. The number of ether oxygens (including phenoxy) is 1. The number of hydrogen-bond acceptors (Lipinski definition) is 3. The number of amides is 1. The Labute approximate surface area is 110 Å². The summed E-state index contributed by atoms with van der Waals surface area (Å²) in [5, 5.41) is 3.45. The van der Waals surface area contributed by atoms with Crippen molar-refractivity contribution >= 4 is 5.91 Å². The average molecular weight is 254 g/mol. The van der Waals surface area contributed by atoms with Gasteiger partial charge in [-0.2, -0.15) is 0 Å². The molecule has 0 aromatic carbocycles. The van der Waals surface area contributed by atoms with Gasteiger partial charge in [-0.05, 0) is 32.1 Å². The summed E-state index contributed by atoms with van der Waals surface area (Å²) in [6.45, 7) is 10.00. The van der Waals surface area contributed by atoms with Crippen molar-refractivity contribution < 1.29 is 9.53 Å². The minimum atomic E-state index is -0.142. The first-order valence-electron chi connectivity index (χ1n) is 7.17. The smallest absolute Gasteiger partial charge is 0.241 e. The van der Waals surface area contributed by atoms with Crippen LogP contribution in [0.4, 0.5) is 0 Å². The van der Waals surface area contributed by atoms with Crippen LogP contribution in [0.5, 0.6) is 0 Å². The zero-order valence-corrected chi connectivity index (χ0v) is 12.0. The summed E-state index contributed by atoms with van der Waals surface area (Å²) >= 11 is 0. The Balaban J connectivity index is 2.07. The summed E-state index contributed by atoms with van der Waals surface area (Å²) in [4.78, 5) is 14.5. The molecule has 2 aliphatic heterocycles. The molecule has 2 aliphatic rings. The first kappa shape index (κ1) is 13.8. The van der Waals surface area contributed by atoms with Crippen molar-refractivity contribution in [3.8, 4) is 0 Å². The van der Waals surface area contributed by atoms with Crippen LogP contribution >= 0.6 is 0 Å². The quantitative estimate of drug-likeness (QED) is 0.831. The summed E-state index contributed by atoms with van der Waals surface area (Å²) in [7, 11) is 0. The average Bonchev–Trinajstić information content (AvgIpc) is 2.86. The molecular weight excluding hydrogens is 228 g/mol. The van der Waals surface area contributed by atoms with Crippen molar-refractivity contribution in [3.05, 3.63) is 0 Å². The van der Waals surface area contributed by atoms with E-state index in [-0.39, 0.29) is 23.7 Å².